The maximum Gasteiger partial charge on any atom is 0.305 e. The molecule has 0 spiro atoms. The van der Waals surface area contributed by atoms with Crippen molar-refractivity contribution in [2.75, 3.05) is 0 Å². The van der Waals surface area contributed by atoms with Crippen molar-refractivity contribution in [1.82, 2.24) is 10.9 Å². The van der Waals surface area contributed by atoms with Gasteiger partial charge < -0.3 is 9.15 Å². The van der Waals surface area contributed by atoms with Gasteiger partial charge in [0, 0.05) is 5.02 Å². The zero-order chi connectivity index (χ0) is 19.1. The monoisotopic (exact) mass is 384 g/mol. The first kappa shape index (κ1) is 18.5. The zero-order valence-electron chi connectivity index (χ0n) is 14.3. The molecule has 0 bridgehead atoms. The number of amides is 2. The van der Waals surface area contributed by atoms with Crippen LogP contribution in [0.3, 0.4) is 0 Å². The van der Waals surface area contributed by atoms with Gasteiger partial charge in [-0.3, -0.25) is 20.4 Å². The number of carbonyl (C=O) groups is 2. The van der Waals surface area contributed by atoms with Gasteiger partial charge in [0.05, 0.1) is 6.42 Å². The van der Waals surface area contributed by atoms with Gasteiger partial charge in [0.25, 0.3) is 0 Å². The molecule has 1 aromatic heterocycles. The lowest BCUT2D eigenvalue weighted by molar-refractivity contribution is -0.121. The summed E-state index contributed by atoms with van der Waals surface area (Å²) in [5.74, 6) is 0.307. The molecule has 1 heterocycles. The maximum absolute atomic E-state index is 12.1. The molecule has 3 aromatic rings. The largest absolute Gasteiger partial charge is 0.486 e. The number of halogens is 1. The number of ether oxygens (including phenoxy) is 1. The van der Waals surface area contributed by atoms with Crippen LogP contribution in [0.25, 0.3) is 0 Å². The number of rotatable bonds is 6. The molecule has 0 atom stereocenters. The quantitative estimate of drug-likeness (QED) is 0.637. The highest BCUT2D eigenvalue weighted by Gasteiger charge is 2.13. The highest BCUT2D eigenvalue weighted by molar-refractivity contribution is 6.31. The number of hydrazine groups is 1. The van der Waals surface area contributed by atoms with Crippen molar-refractivity contribution in [1.29, 1.82) is 0 Å². The van der Waals surface area contributed by atoms with Crippen LogP contribution in [-0.2, 0) is 17.8 Å². The summed E-state index contributed by atoms with van der Waals surface area (Å²) in [4.78, 5) is 24.0. The molecule has 0 saturated heterocycles. The summed E-state index contributed by atoms with van der Waals surface area (Å²) in [6.45, 7) is 0.191. The van der Waals surface area contributed by atoms with Gasteiger partial charge in [0.15, 0.2) is 5.76 Å². The van der Waals surface area contributed by atoms with Gasteiger partial charge in [-0.15, -0.1) is 0 Å². The Balaban J connectivity index is 1.47. The van der Waals surface area contributed by atoms with Crippen molar-refractivity contribution < 1.29 is 18.7 Å². The van der Waals surface area contributed by atoms with E-state index in [0.29, 0.717) is 22.1 Å². The Morgan fingerprint density at radius 2 is 1.67 bits per heavy atom. The van der Waals surface area contributed by atoms with Crippen molar-refractivity contribution in [3.8, 4) is 5.75 Å². The van der Waals surface area contributed by atoms with E-state index in [1.165, 1.54) is 6.07 Å². The van der Waals surface area contributed by atoms with E-state index in [4.69, 9.17) is 20.8 Å². The molecule has 0 fully saturated rings. The molecule has 0 radical (unpaired) electrons. The van der Waals surface area contributed by atoms with Crippen molar-refractivity contribution in [3.63, 3.8) is 0 Å². The second-order valence-corrected chi connectivity index (χ2v) is 6.05. The van der Waals surface area contributed by atoms with Crippen LogP contribution >= 0.6 is 11.6 Å². The molecule has 0 aliphatic carbocycles. The highest BCUT2D eigenvalue weighted by Crippen LogP contribution is 2.15. The van der Waals surface area contributed by atoms with Crippen molar-refractivity contribution in [3.05, 3.63) is 88.8 Å². The van der Waals surface area contributed by atoms with Gasteiger partial charge >= 0.3 is 5.91 Å². The predicted molar refractivity (Wildman–Crippen MR) is 100 cm³/mol. The predicted octanol–water partition coefficient (Wildman–Crippen LogP) is 3.52. The van der Waals surface area contributed by atoms with Crippen LogP contribution in [0.2, 0.25) is 5.02 Å². The van der Waals surface area contributed by atoms with Gasteiger partial charge in [0.2, 0.25) is 5.91 Å². The van der Waals surface area contributed by atoms with Crippen LogP contribution in [0, 0.1) is 0 Å². The van der Waals surface area contributed by atoms with E-state index in [2.05, 4.69) is 10.9 Å². The third kappa shape index (κ3) is 5.36. The molecule has 2 aromatic carbocycles. The second-order valence-electron chi connectivity index (χ2n) is 5.64. The van der Waals surface area contributed by atoms with Crippen LogP contribution in [0.1, 0.15) is 21.9 Å². The summed E-state index contributed by atoms with van der Waals surface area (Å²) in [5.41, 5.74) is 5.32. The Bertz CT molecular complexity index is 924. The lowest BCUT2D eigenvalue weighted by atomic mass is 10.1. The summed E-state index contributed by atoms with van der Waals surface area (Å²) >= 11 is 6.01. The molecular formula is C20H17ClN2O4. The Morgan fingerprint density at radius 3 is 2.44 bits per heavy atom. The molecule has 2 amide bonds. The fourth-order valence-corrected chi connectivity index (χ4v) is 2.50. The lowest BCUT2D eigenvalue weighted by Crippen LogP contribution is -2.42. The average Bonchev–Trinajstić information content (AvgIpc) is 3.16. The highest BCUT2D eigenvalue weighted by atomic mass is 35.5. The van der Waals surface area contributed by atoms with Crippen LogP contribution in [0.4, 0.5) is 0 Å². The third-order valence-electron chi connectivity index (χ3n) is 3.63. The van der Waals surface area contributed by atoms with E-state index in [0.717, 1.165) is 0 Å². The number of furan rings is 1. The Morgan fingerprint density at radius 1 is 0.926 bits per heavy atom. The normalized spacial score (nSPS) is 10.3. The number of carbonyl (C=O) groups excluding carboxylic acids is 2. The van der Waals surface area contributed by atoms with E-state index in [1.54, 1.807) is 30.3 Å². The molecule has 6 nitrogen and oxygen atoms in total. The van der Waals surface area contributed by atoms with Gasteiger partial charge in [0.1, 0.15) is 18.1 Å². The molecule has 0 aliphatic rings. The lowest BCUT2D eigenvalue weighted by Gasteiger charge is -2.07. The van der Waals surface area contributed by atoms with Gasteiger partial charge in [-0.1, -0.05) is 48.0 Å². The average molecular weight is 385 g/mol. The van der Waals surface area contributed by atoms with Crippen LogP contribution in [-0.4, -0.2) is 11.8 Å². The molecule has 7 heteroatoms. The molecular weight excluding hydrogens is 368 g/mol. The summed E-state index contributed by atoms with van der Waals surface area (Å²) in [6.07, 6.45) is 0.0499. The number of para-hydroxylation sites is 1. The van der Waals surface area contributed by atoms with Crippen LogP contribution in [0.5, 0.6) is 5.75 Å². The first-order valence-electron chi connectivity index (χ1n) is 8.21. The Labute approximate surface area is 161 Å². The van der Waals surface area contributed by atoms with E-state index >= 15 is 0 Å². The molecule has 2 N–H and O–H groups in total. The molecule has 0 saturated carbocycles. The maximum atomic E-state index is 12.1. The molecule has 3 rings (SSSR count). The molecule has 0 aliphatic heterocycles. The number of hydrogen-bond acceptors (Lipinski definition) is 4. The topological polar surface area (TPSA) is 80.6 Å². The second kappa shape index (κ2) is 8.91. The molecule has 138 valence electrons. The summed E-state index contributed by atoms with van der Waals surface area (Å²) in [7, 11) is 0. The number of nitrogens with one attached hydrogen (secondary N) is 2. The molecule has 27 heavy (non-hydrogen) atoms. The standard InChI is InChI=1S/C20H17ClN2O4/c21-17-9-5-4-6-14(17)12-19(24)22-23-20(25)18-11-10-16(27-18)13-26-15-7-2-1-3-8-15/h1-11H,12-13H2,(H,22,24)(H,23,25). The van der Waals surface area contributed by atoms with Crippen LogP contribution < -0.4 is 15.6 Å². The minimum atomic E-state index is -0.562. The zero-order valence-corrected chi connectivity index (χ0v) is 15.0. The van der Waals surface area contributed by atoms with Crippen molar-refractivity contribution >= 4 is 23.4 Å². The van der Waals surface area contributed by atoms with E-state index in [1.807, 2.05) is 30.3 Å². The molecule has 0 unspecified atom stereocenters. The van der Waals surface area contributed by atoms with Crippen molar-refractivity contribution in [2.24, 2.45) is 0 Å². The van der Waals surface area contributed by atoms with Gasteiger partial charge in [-0.2, -0.15) is 0 Å². The summed E-state index contributed by atoms with van der Waals surface area (Å²) < 4.78 is 11.0. The first-order chi connectivity index (χ1) is 13.1. The van der Waals surface area contributed by atoms with Gasteiger partial charge in [-0.05, 0) is 35.9 Å². The van der Waals surface area contributed by atoms with E-state index in [9.17, 15) is 9.59 Å². The number of hydrogen-bond donors (Lipinski definition) is 2. The minimum absolute atomic E-state index is 0.0499. The fraction of sp³-hybridized carbons (Fsp3) is 0.100. The minimum Gasteiger partial charge on any atom is -0.486 e. The third-order valence-corrected chi connectivity index (χ3v) is 4.00. The summed E-state index contributed by atoms with van der Waals surface area (Å²) in [6, 6.07) is 19.4. The summed E-state index contributed by atoms with van der Waals surface area (Å²) in [5, 5.41) is 0.494. The smallest absolute Gasteiger partial charge is 0.305 e. The Kier molecular flexibility index (Phi) is 6.12. The van der Waals surface area contributed by atoms with Crippen molar-refractivity contribution in [2.45, 2.75) is 13.0 Å². The van der Waals surface area contributed by atoms with E-state index < -0.39 is 11.8 Å². The van der Waals surface area contributed by atoms with Crippen LogP contribution in [0.15, 0.2) is 71.1 Å². The van der Waals surface area contributed by atoms with E-state index in [-0.39, 0.29) is 18.8 Å². The Hall–Kier alpha value is -3.25. The number of benzene rings is 2. The SMILES string of the molecule is O=C(Cc1ccccc1Cl)NNC(=O)c1ccc(COc2ccccc2)o1. The first-order valence-corrected chi connectivity index (χ1v) is 8.59. The van der Waals surface area contributed by atoms with Gasteiger partial charge in [-0.25, -0.2) is 0 Å². The fourth-order valence-electron chi connectivity index (χ4n) is 2.30.